The van der Waals surface area contributed by atoms with Gasteiger partial charge in [0.05, 0.1) is 15.1 Å². The van der Waals surface area contributed by atoms with Crippen LogP contribution in [0.1, 0.15) is 17.5 Å². The summed E-state index contributed by atoms with van der Waals surface area (Å²) < 4.78 is 35.1. The molecule has 0 spiro atoms. The fourth-order valence-corrected chi connectivity index (χ4v) is 5.49. The van der Waals surface area contributed by atoms with Crippen LogP contribution < -0.4 is 15.7 Å². The molecule has 0 saturated heterocycles. The van der Waals surface area contributed by atoms with Crippen LogP contribution in [-0.4, -0.2) is 32.2 Å². The topological polar surface area (TPSA) is 116 Å². The second-order valence-corrected chi connectivity index (χ2v) is 10.7. The molecule has 2 aromatic carbocycles. The van der Waals surface area contributed by atoms with Gasteiger partial charge in [0.1, 0.15) is 11.3 Å². The third-order valence-corrected chi connectivity index (χ3v) is 7.39. The van der Waals surface area contributed by atoms with Crippen molar-refractivity contribution in [3.63, 3.8) is 0 Å². The molecule has 0 atom stereocenters. The highest BCUT2D eigenvalue weighted by atomic mass is 32.2. The highest BCUT2D eigenvalue weighted by molar-refractivity contribution is 7.90. The quantitative estimate of drug-likeness (QED) is 0.445. The van der Waals surface area contributed by atoms with Crippen molar-refractivity contribution >= 4 is 53.4 Å². The van der Waals surface area contributed by atoms with Crippen LogP contribution in [0.2, 0.25) is 0 Å². The molecule has 2 aromatic heterocycles. The number of sulfone groups is 1. The van der Waals surface area contributed by atoms with E-state index in [0.717, 1.165) is 42.0 Å². The lowest BCUT2D eigenvalue weighted by molar-refractivity contribution is -0.118. The summed E-state index contributed by atoms with van der Waals surface area (Å²) in [6.45, 7) is -0.259. The Labute approximate surface area is 186 Å². The molecule has 1 aliphatic rings. The molecule has 4 aromatic rings. The minimum Gasteiger partial charge on any atom is -0.484 e. The van der Waals surface area contributed by atoms with Crippen LogP contribution in [0, 0.1) is 0 Å². The van der Waals surface area contributed by atoms with Crippen LogP contribution in [0.4, 0.5) is 5.13 Å². The Morgan fingerprint density at radius 1 is 1.19 bits per heavy atom. The maximum Gasteiger partial charge on any atom is 0.339 e. The first-order valence-corrected chi connectivity index (χ1v) is 12.6. The summed E-state index contributed by atoms with van der Waals surface area (Å²) in [5, 5.41) is 3.91. The lowest BCUT2D eigenvalue weighted by Gasteiger charge is -2.08. The predicted octanol–water partition coefficient (Wildman–Crippen LogP) is 3.31. The second kappa shape index (κ2) is 7.72. The fourth-order valence-electron chi connectivity index (χ4n) is 3.85. The third kappa shape index (κ3) is 3.87. The number of carbonyl (C=O) groups is 1. The zero-order valence-electron chi connectivity index (χ0n) is 17.0. The van der Waals surface area contributed by atoms with Gasteiger partial charge in [-0.25, -0.2) is 18.2 Å². The number of fused-ring (bicyclic) bond motifs is 4. The molecule has 0 bridgehead atoms. The van der Waals surface area contributed by atoms with Crippen molar-refractivity contribution in [3.05, 3.63) is 57.9 Å². The van der Waals surface area contributed by atoms with Crippen LogP contribution >= 0.6 is 11.3 Å². The van der Waals surface area contributed by atoms with Crippen molar-refractivity contribution in [3.8, 4) is 5.75 Å². The number of ether oxygens (including phenoxy) is 1. The fraction of sp³-hybridized carbons (Fsp3) is 0.227. The Hall–Kier alpha value is -3.24. The molecule has 1 amide bonds. The number of amides is 1. The molecule has 0 unspecified atom stereocenters. The van der Waals surface area contributed by atoms with E-state index in [0.29, 0.717) is 26.7 Å². The van der Waals surface area contributed by atoms with Crippen molar-refractivity contribution in [2.75, 3.05) is 18.2 Å². The lowest BCUT2D eigenvalue weighted by atomic mass is 10.1. The highest BCUT2D eigenvalue weighted by Crippen LogP contribution is 2.30. The molecule has 2 heterocycles. The van der Waals surface area contributed by atoms with E-state index in [9.17, 15) is 18.0 Å². The summed E-state index contributed by atoms with van der Waals surface area (Å²) in [7, 11) is -3.32. The van der Waals surface area contributed by atoms with E-state index >= 15 is 0 Å². The number of rotatable bonds is 5. The molecule has 5 rings (SSSR count). The minimum atomic E-state index is -3.32. The molecule has 32 heavy (non-hydrogen) atoms. The van der Waals surface area contributed by atoms with Gasteiger partial charge in [-0.2, -0.15) is 0 Å². The molecule has 1 aliphatic carbocycles. The Kier molecular flexibility index (Phi) is 4.98. The molecule has 0 radical (unpaired) electrons. The van der Waals surface area contributed by atoms with Crippen molar-refractivity contribution in [2.45, 2.75) is 24.2 Å². The molecule has 164 valence electrons. The highest BCUT2D eigenvalue weighted by Gasteiger charge is 2.20. The summed E-state index contributed by atoms with van der Waals surface area (Å²) >= 11 is 1.18. The standard InChI is InChI=1S/C22H18N2O6S2/c1-32(27,28)13-6-8-17-19(10-13)31-22(23-17)24-20(25)11-29-12-5-7-15-14-3-2-4-16(14)21(26)30-18(15)9-12/h5-10H,2-4,11H2,1H3,(H,23,24,25). The van der Waals surface area contributed by atoms with Crippen molar-refractivity contribution < 1.29 is 22.4 Å². The number of carbonyl (C=O) groups excluding carboxylic acids is 1. The number of nitrogens with zero attached hydrogens (tertiary/aromatic N) is 1. The largest absolute Gasteiger partial charge is 0.484 e. The van der Waals surface area contributed by atoms with Crippen LogP contribution in [0.5, 0.6) is 5.75 Å². The van der Waals surface area contributed by atoms with Gasteiger partial charge < -0.3 is 9.15 Å². The third-order valence-electron chi connectivity index (χ3n) is 5.35. The first kappa shape index (κ1) is 20.7. The van der Waals surface area contributed by atoms with E-state index in [2.05, 4.69) is 10.3 Å². The maximum atomic E-state index is 12.3. The smallest absolute Gasteiger partial charge is 0.339 e. The van der Waals surface area contributed by atoms with Crippen LogP contribution in [-0.2, 0) is 27.5 Å². The zero-order chi connectivity index (χ0) is 22.5. The number of anilines is 1. The van der Waals surface area contributed by atoms with Gasteiger partial charge in [-0.15, -0.1) is 0 Å². The van der Waals surface area contributed by atoms with Crippen molar-refractivity contribution in [2.24, 2.45) is 0 Å². The first-order chi connectivity index (χ1) is 15.3. The van der Waals surface area contributed by atoms with Gasteiger partial charge in [-0.05, 0) is 55.2 Å². The predicted molar refractivity (Wildman–Crippen MR) is 121 cm³/mol. The van der Waals surface area contributed by atoms with Gasteiger partial charge in [-0.3, -0.25) is 10.1 Å². The average Bonchev–Trinajstić information content (AvgIpc) is 3.38. The Balaban J connectivity index is 1.29. The second-order valence-electron chi connectivity index (χ2n) is 7.62. The minimum absolute atomic E-state index is 0.198. The number of hydrogen-bond donors (Lipinski definition) is 1. The molecule has 10 heteroatoms. The van der Waals surface area contributed by atoms with E-state index < -0.39 is 15.7 Å². The van der Waals surface area contributed by atoms with Crippen LogP contribution in [0.3, 0.4) is 0 Å². The summed E-state index contributed by atoms with van der Waals surface area (Å²) in [5.41, 5.74) is 2.52. The summed E-state index contributed by atoms with van der Waals surface area (Å²) in [4.78, 5) is 29.0. The van der Waals surface area contributed by atoms with Crippen molar-refractivity contribution in [1.82, 2.24) is 4.98 Å². The molecule has 1 N–H and O–H groups in total. The molecule has 0 fully saturated rings. The Bertz CT molecular complexity index is 1550. The zero-order valence-corrected chi connectivity index (χ0v) is 18.6. The molecule has 0 saturated carbocycles. The van der Waals surface area contributed by atoms with Gasteiger partial charge in [-0.1, -0.05) is 11.3 Å². The summed E-state index contributed by atoms with van der Waals surface area (Å²) in [6.07, 6.45) is 3.68. The first-order valence-electron chi connectivity index (χ1n) is 9.90. The van der Waals surface area contributed by atoms with Gasteiger partial charge in [0.15, 0.2) is 21.6 Å². The average molecular weight is 471 g/mol. The normalized spacial score (nSPS) is 13.4. The van der Waals surface area contributed by atoms with Gasteiger partial charge >= 0.3 is 5.63 Å². The van der Waals surface area contributed by atoms with E-state index in [1.807, 2.05) is 6.07 Å². The van der Waals surface area contributed by atoms with E-state index in [1.165, 1.54) is 23.5 Å². The van der Waals surface area contributed by atoms with Gasteiger partial charge in [0.2, 0.25) is 0 Å². The Morgan fingerprint density at radius 3 is 2.81 bits per heavy atom. The maximum absolute atomic E-state index is 12.3. The number of aryl methyl sites for hydroxylation is 1. The van der Waals surface area contributed by atoms with Crippen LogP contribution in [0.25, 0.3) is 21.2 Å². The number of nitrogens with one attached hydrogen (secondary N) is 1. The molecular formula is C22H18N2O6S2. The molecular weight excluding hydrogens is 452 g/mol. The number of hydrogen-bond acceptors (Lipinski definition) is 8. The van der Waals surface area contributed by atoms with E-state index in [-0.39, 0.29) is 17.1 Å². The van der Waals surface area contributed by atoms with Gasteiger partial charge in [0.25, 0.3) is 5.91 Å². The summed E-state index contributed by atoms with van der Waals surface area (Å²) in [5.74, 6) is -0.00117. The SMILES string of the molecule is CS(=O)(=O)c1ccc2nc(NC(=O)COc3ccc4c5c(c(=O)oc4c3)CCC5)sc2c1. The Morgan fingerprint density at radius 2 is 2.00 bits per heavy atom. The summed E-state index contributed by atoms with van der Waals surface area (Å²) in [6, 6.07) is 9.84. The van der Waals surface area contributed by atoms with E-state index in [1.54, 1.807) is 18.2 Å². The van der Waals surface area contributed by atoms with Crippen molar-refractivity contribution in [1.29, 1.82) is 0 Å². The van der Waals surface area contributed by atoms with Gasteiger partial charge in [0, 0.05) is 23.3 Å². The number of aromatic nitrogens is 1. The van der Waals surface area contributed by atoms with E-state index in [4.69, 9.17) is 9.15 Å². The number of benzene rings is 2. The lowest BCUT2D eigenvalue weighted by Crippen LogP contribution is -2.20. The molecule has 8 nitrogen and oxygen atoms in total. The monoisotopic (exact) mass is 470 g/mol. The van der Waals surface area contributed by atoms with Crippen LogP contribution in [0.15, 0.2) is 50.5 Å². The molecule has 0 aliphatic heterocycles. The number of thiazole rings is 1.